The Labute approximate surface area is 158 Å². The number of rotatable bonds is 6. The second-order valence-corrected chi connectivity index (χ2v) is 6.37. The third-order valence-corrected chi connectivity index (χ3v) is 4.56. The normalized spacial score (nSPS) is 12.1. The van der Waals surface area contributed by atoms with Crippen molar-refractivity contribution in [2.45, 2.75) is 19.9 Å². The number of nitrogens with one attached hydrogen (secondary N) is 2. The van der Waals surface area contributed by atoms with E-state index in [2.05, 4.69) is 45.4 Å². The highest BCUT2D eigenvalue weighted by atomic mass is 16.5. The molecule has 4 rings (SSSR count). The van der Waals surface area contributed by atoms with E-state index < -0.39 is 0 Å². The SMILES string of the molecule is CCOc1ccccc1-c1cc2c(N[C@H](C)c3ccccc3)ncnc2[nH]1. The number of nitrogens with zero attached hydrogens (tertiary/aromatic N) is 2. The average molecular weight is 358 g/mol. The molecule has 2 aromatic heterocycles. The Morgan fingerprint density at radius 2 is 1.81 bits per heavy atom. The lowest BCUT2D eigenvalue weighted by atomic mass is 10.1. The summed E-state index contributed by atoms with van der Waals surface area (Å²) < 4.78 is 5.77. The average Bonchev–Trinajstić information content (AvgIpc) is 3.14. The van der Waals surface area contributed by atoms with Crippen LogP contribution in [0.4, 0.5) is 5.82 Å². The highest BCUT2D eigenvalue weighted by Crippen LogP contribution is 2.33. The smallest absolute Gasteiger partial charge is 0.143 e. The second-order valence-electron chi connectivity index (χ2n) is 6.37. The van der Waals surface area contributed by atoms with E-state index in [9.17, 15) is 0 Å². The first kappa shape index (κ1) is 17.1. The number of hydrogen-bond acceptors (Lipinski definition) is 4. The fraction of sp³-hybridized carbons (Fsp3) is 0.182. The Balaban J connectivity index is 1.71. The summed E-state index contributed by atoms with van der Waals surface area (Å²) in [5.74, 6) is 1.67. The first-order valence-corrected chi connectivity index (χ1v) is 9.13. The minimum absolute atomic E-state index is 0.137. The van der Waals surface area contributed by atoms with Gasteiger partial charge >= 0.3 is 0 Å². The van der Waals surface area contributed by atoms with Crippen LogP contribution in [0.3, 0.4) is 0 Å². The van der Waals surface area contributed by atoms with Gasteiger partial charge in [-0.1, -0.05) is 42.5 Å². The van der Waals surface area contributed by atoms with Gasteiger partial charge in [-0.25, -0.2) is 9.97 Å². The molecule has 0 bridgehead atoms. The Hall–Kier alpha value is -3.34. The van der Waals surface area contributed by atoms with Crippen molar-refractivity contribution in [3.05, 3.63) is 72.6 Å². The molecule has 0 radical (unpaired) electrons. The van der Waals surface area contributed by atoms with Gasteiger partial charge in [0, 0.05) is 11.6 Å². The number of hydrogen-bond donors (Lipinski definition) is 2. The molecule has 2 heterocycles. The highest BCUT2D eigenvalue weighted by molar-refractivity contribution is 5.92. The Kier molecular flexibility index (Phi) is 4.75. The van der Waals surface area contributed by atoms with E-state index >= 15 is 0 Å². The third kappa shape index (κ3) is 3.49. The molecule has 27 heavy (non-hydrogen) atoms. The predicted molar refractivity (Wildman–Crippen MR) is 109 cm³/mol. The summed E-state index contributed by atoms with van der Waals surface area (Å²) in [7, 11) is 0. The molecule has 5 nitrogen and oxygen atoms in total. The molecule has 0 amide bonds. The topological polar surface area (TPSA) is 62.8 Å². The highest BCUT2D eigenvalue weighted by Gasteiger charge is 2.14. The summed E-state index contributed by atoms with van der Waals surface area (Å²) in [6, 6.07) is 20.5. The number of benzene rings is 2. The number of anilines is 1. The van der Waals surface area contributed by atoms with Crippen LogP contribution in [0.5, 0.6) is 5.75 Å². The summed E-state index contributed by atoms with van der Waals surface area (Å²) >= 11 is 0. The standard InChI is InChI=1S/C22H22N4O/c1-3-27-20-12-8-7-11-17(20)19-13-18-21(23-14-24-22(18)26-19)25-15(2)16-9-5-4-6-10-16/h4-15H,3H2,1-2H3,(H2,23,24,25,26)/t15-/m1/s1. The van der Waals surface area contributed by atoms with Crippen molar-refractivity contribution < 1.29 is 4.74 Å². The van der Waals surface area contributed by atoms with Crippen LogP contribution in [-0.4, -0.2) is 21.6 Å². The van der Waals surface area contributed by atoms with Gasteiger partial charge in [0.15, 0.2) is 0 Å². The van der Waals surface area contributed by atoms with E-state index in [1.165, 1.54) is 5.56 Å². The molecule has 2 N–H and O–H groups in total. The van der Waals surface area contributed by atoms with Crippen LogP contribution in [-0.2, 0) is 0 Å². The van der Waals surface area contributed by atoms with Crippen LogP contribution in [0.2, 0.25) is 0 Å². The number of fused-ring (bicyclic) bond motifs is 1. The van der Waals surface area contributed by atoms with Gasteiger partial charge in [-0.3, -0.25) is 0 Å². The minimum atomic E-state index is 0.137. The number of H-pyrrole nitrogens is 1. The van der Waals surface area contributed by atoms with Crippen molar-refractivity contribution in [2.75, 3.05) is 11.9 Å². The number of ether oxygens (including phenoxy) is 1. The number of aromatic amines is 1. The molecular formula is C22H22N4O. The van der Waals surface area contributed by atoms with E-state index in [-0.39, 0.29) is 6.04 Å². The molecule has 0 aliphatic carbocycles. The summed E-state index contributed by atoms with van der Waals surface area (Å²) in [6.45, 7) is 4.74. The van der Waals surface area contributed by atoms with Crippen molar-refractivity contribution in [3.63, 3.8) is 0 Å². The molecule has 2 aromatic carbocycles. The van der Waals surface area contributed by atoms with Gasteiger partial charge in [-0.15, -0.1) is 0 Å². The molecule has 0 saturated heterocycles. The zero-order valence-corrected chi connectivity index (χ0v) is 15.4. The lowest BCUT2D eigenvalue weighted by molar-refractivity contribution is 0.341. The van der Waals surface area contributed by atoms with Crippen LogP contribution in [0.15, 0.2) is 67.0 Å². The third-order valence-electron chi connectivity index (χ3n) is 4.56. The fourth-order valence-electron chi connectivity index (χ4n) is 3.20. The number of aromatic nitrogens is 3. The summed E-state index contributed by atoms with van der Waals surface area (Å²) in [6.07, 6.45) is 1.58. The van der Waals surface area contributed by atoms with Crippen molar-refractivity contribution in [3.8, 4) is 17.0 Å². The van der Waals surface area contributed by atoms with Crippen LogP contribution in [0, 0.1) is 0 Å². The molecule has 0 aliphatic rings. The molecule has 0 unspecified atom stereocenters. The van der Waals surface area contributed by atoms with Crippen LogP contribution in [0.25, 0.3) is 22.3 Å². The van der Waals surface area contributed by atoms with Gasteiger partial charge in [0.25, 0.3) is 0 Å². The molecular weight excluding hydrogens is 336 g/mol. The van der Waals surface area contributed by atoms with Gasteiger partial charge < -0.3 is 15.0 Å². The van der Waals surface area contributed by atoms with E-state index in [1.807, 2.05) is 49.4 Å². The van der Waals surface area contributed by atoms with Gasteiger partial charge in [-0.05, 0) is 37.6 Å². The lowest BCUT2D eigenvalue weighted by Crippen LogP contribution is -2.08. The molecule has 0 aliphatic heterocycles. The number of para-hydroxylation sites is 1. The Morgan fingerprint density at radius 1 is 1.04 bits per heavy atom. The van der Waals surface area contributed by atoms with Gasteiger partial charge in [0.1, 0.15) is 23.5 Å². The van der Waals surface area contributed by atoms with Crippen LogP contribution >= 0.6 is 0 Å². The van der Waals surface area contributed by atoms with E-state index in [1.54, 1.807) is 6.33 Å². The van der Waals surface area contributed by atoms with Crippen molar-refractivity contribution in [1.82, 2.24) is 15.0 Å². The molecule has 0 saturated carbocycles. The minimum Gasteiger partial charge on any atom is -0.493 e. The zero-order valence-electron chi connectivity index (χ0n) is 15.4. The van der Waals surface area contributed by atoms with Crippen LogP contribution in [0.1, 0.15) is 25.5 Å². The molecule has 136 valence electrons. The molecule has 0 fully saturated rings. The molecule has 0 spiro atoms. The second kappa shape index (κ2) is 7.50. The van der Waals surface area contributed by atoms with Crippen LogP contribution < -0.4 is 10.1 Å². The van der Waals surface area contributed by atoms with Gasteiger partial charge in [0.05, 0.1) is 17.7 Å². The van der Waals surface area contributed by atoms with Crippen molar-refractivity contribution in [1.29, 1.82) is 0 Å². The van der Waals surface area contributed by atoms with Crippen molar-refractivity contribution >= 4 is 16.9 Å². The largest absolute Gasteiger partial charge is 0.493 e. The first-order valence-electron chi connectivity index (χ1n) is 9.13. The summed E-state index contributed by atoms with van der Waals surface area (Å²) in [5.41, 5.74) is 3.99. The monoisotopic (exact) mass is 358 g/mol. The fourth-order valence-corrected chi connectivity index (χ4v) is 3.20. The van der Waals surface area contributed by atoms with Crippen molar-refractivity contribution in [2.24, 2.45) is 0 Å². The van der Waals surface area contributed by atoms with E-state index in [0.717, 1.165) is 33.9 Å². The molecule has 4 aromatic rings. The Morgan fingerprint density at radius 3 is 2.63 bits per heavy atom. The lowest BCUT2D eigenvalue weighted by Gasteiger charge is -2.15. The predicted octanol–water partition coefficient (Wildman–Crippen LogP) is 5.20. The summed E-state index contributed by atoms with van der Waals surface area (Å²) in [5, 5.41) is 4.46. The maximum absolute atomic E-state index is 5.77. The maximum Gasteiger partial charge on any atom is 0.143 e. The summed E-state index contributed by atoms with van der Waals surface area (Å²) in [4.78, 5) is 12.3. The zero-order chi connectivity index (χ0) is 18.6. The molecule has 1 atom stereocenters. The Bertz CT molecular complexity index is 1040. The molecule has 5 heteroatoms. The van der Waals surface area contributed by atoms with Gasteiger partial charge in [0.2, 0.25) is 0 Å². The maximum atomic E-state index is 5.77. The van der Waals surface area contributed by atoms with E-state index in [0.29, 0.717) is 6.61 Å². The van der Waals surface area contributed by atoms with Gasteiger partial charge in [-0.2, -0.15) is 0 Å². The first-order chi connectivity index (χ1) is 13.3. The van der Waals surface area contributed by atoms with E-state index in [4.69, 9.17) is 4.74 Å². The quantitative estimate of drug-likeness (QED) is 0.497.